The zero-order valence-corrected chi connectivity index (χ0v) is 16.2. The zero-order chi connectivity index (χ0) is 17.3. The maximum absolute atomic E-state index is 3.14. The standard InChI is InChI=1S/C19H14P.C5H.Fe/c1-16(17-10-8-9-11-17)20(18-12-4-2-5-13-18)19-14-6-3-7-15-19;1-2-4-5-3-1;/h2-7,12-16H,1H3;1H;/q2*-5;+2. The fourth-order valence-electron chi connectivity index (χ4n) is 2.52. The first-order valence-corrected chi connectivity index (χ1v) is 9.38. The molecule has 0 aliphatic rings. The predicted octanol–water partition coefficient (Wildman–Crippen LogP) is 4.40. The summed E-state index contributed by atoms with van der Waals surface area (Å²) in [6.07, 6.45) is 0. The number of hydrogen-bond donors (Lipinski definition) is 0. The van der Waals surface area contributed by atoms with E-state index in [0.717, 1.165) is 5.56 Å². The molecule has 4 aromatic carbocycles. The Kier molecular flexibility index (Phi) is 8.59. The quantitative estimate of drug-likeness (QED) is 0.275. The molecular weight excluding hydrogens is 375 g/mol. The molecule has 0 N–H and O–H groups in total. The molecule has 26 heavy (non-hydrogen) atoms. The van der Waals surface area contributed by atoms with E-state index in [1.165, 1.54) is 10.6 Å². The molecule has 1 unspecified atom stereocenters. The average Bonchev–Trinajstić information content (AvgIpc) is 3.40. The first-order valence-electron chi connectivity index (χ1n) is 7.97. The third-order valence-corrected chi connectivity index (χ3v) is 6.42. The van der Waals surface area contributed by atoms with E-state index in [2.05, 4.69) is 116 Å². The van der Waals surface area contributed by atoms with Crippen molar-refractivity contribution in [1.82, 2.24) is 0 Å². The maximum Gasteiger partial charge on any atom is 2.00 e. The second-order valence-electron chi connectivity index (χ2n) is 5.31. The number of hydrogen-bond acceptors (Lipinski definition) is 0. The summed E-state index contributed by atoms with van der Waals surface area (Å²) in [5, 5.41) is 2.76. The normalized spacial score (nSPS) is 11.2. The van der Waals surface area contributed by atoms with Crippen LogP contribution in [0.3, 0.4) is 0 Å². The minimum Gasteiger partial charge on any atom is -0.999 e. The van der Waals surface area contributed by atoms with Crippen LogP contribution in [0.5, 0.6) is 0 Å². The topological polar surface area (TPSA) is 0 Å². The van der Waals surface area contributed by atoms with Gasteiger partial charge in [0, 0.05) is 0 Å². The summed E-state index contributed by atoms with van der Waals surface area (Å²) in [6.45, 7) is 2.25. The largest absolute Gasteiger partial charge is 2.00 e. The van der Waals surface area contributed by atoms with Crippen molar-refractivity contribution in [2.24, 2.45) is 0 Å². The van der Waals surface area contributed by atoms with Crippen molar-refractivity contribution < 1.29 is 17.1 Å². The van der Waals surface area contributed by atoms with Crippen molar-refractivity contribution in [2.45, 2.75) is 12.6 Å². The van der Waals surface area contributed by atoms with Gasteiger partial charge in [0.25, 0.3) is 0 Å². The Morgan fingerprint density at radius 2 is 1.23 bits per heavy atom. The third kappa shape index (κ3) is 5.55. The zero-order valence-electron chi connectivity index (χ0n) is 14.2. The van der Waals surface area contributed by atoms with Gasteiger partial charge in [-0.3, -0.25) is 0 Å². The Morgan fingerprint density at radius 1 is 0.769 bits per heavy atom. The van der Waals surface area contributed by atoms with Crippen molar-refractivity contribution in [1.29, 1.82) is 0 Å². The molecular formula is C24H15FeP-8. The Morgan fingerprint density at radius 3 is 1.62 bits per heavy atom. The third-order valence-electron chi connectivity index (χ3n) is 3.68. The predicted molar refractivity (Wildman–Crippen MR) is 102 cm³/mol. The van der Waals surface area contributed by atoms with Crippen molar-refractivity contribution in [3.05, 3.63) is 121 Å². The maximum atomic E-state index is 3.14. The van der Waals surface area contributed by atoms with Gasteiger partial charge < -0.3 is 60.2 Å². The van der Waals surface area contributed by atoms with Gasteiger partial charge in [0.15, 0.2) is 0 Å². The van der Waals surface area contributed by atoms with Crippen LogP contribution in [0.4, 0.5) is 0 Å². The molecule has 0 aliphatic carbocycles. The van der Waals surface area contributed by atoms with Crippen LogP contribution in [0.1, 0.15) is 18.1 Å². The molecule has 1 atom stereocenters. The monoisotopic (exact) mass is 390 g/mol. The van der Waals surface area contributed by atoms with E-state index in [0.29, 0.717) is 5.66 Å². The average molecular weight is 390 g/mol. The minimum atomic E-state index is -0.465. The number of rotatable bonds is 4. The van der Waals surface area contributed by atoms with Gasteiger partial charge in [-0.2, -0.15) is 5.66 Å². The summed E-state index contributed by atoms with van der Waals surface area (Å²) in [4.78, 5) is 0. The summed E-state index contributed by atoms with van der Waals surface area (Å²) in [7, 11) is -0.465. The Hall–Kier alpha value is -1.91. The molecule has 0 aromatic heterocycles. The summed E-state index contributed by atoms with van der Waals surface area (Å²) >= 11 is 0. The molecule has 2 heteroatoms. The van der Waals surface area contributed by atoms with Crippen LogP contribution in [0.2, 0.25) is 0 Å². The van der Waals surface area contributed by atoms with Crippen LogP contribution in [0, 0.1) is 48.5 Å². The Balaban J connectivity index is 0.000000351. The van der Waals surface area contributed by atoms with Crippen LogP contribution < -0.4 is 10.6 Å². The molecule has 0 saturated heterocycles. The van der Waals surface area contributed by atoms with Gasteiger partial charge in [0.05, 0.1) is 0 Å². The van der Waals surface area contributed by atoms with Gasteiger partial charge in [-0.1, -0.05) is 75.5 Å². The fraction of sp³-hybridized carbons (Fsp3) is 0.0833. The van der Waals surface area contributed by atoms with E-state index in [-0.39, 0.29) is 17.1 Å². The first-order chi connectivity index (χ1) is 12.4. The SMILES string of the molecule is CC([c-]1[c-][c-][c-][c-]1)P(c1ccccc1)c1ccccc1.[Fe+2].[c-]1[c-][c-][cH-][c-]1. The summed E-state index contributed by atoms with van der Waals surface area (Å²) in [6, 6.07) is 45.4. The molecule has 132 valence electrons. The van der Waals surface area contributed by atoms with Crippen molar-refractivity contribution >= 4 is 18.5 Å². The fourth-order valence-corrected chi connectivity index (χ4v) is 5.09. The minimum absolute atomic E-state index is 0. The van der Waals surface area contributed by atoms with E-state index in [1.54, 1.807) is 6.07 Å². The molecule has 0 aliphatic heterocycles. The van der Waals surface area contributed by atoms with Gasteiger partial charge in [-0.05, 0) is 10.6 Å². The van der Waals surface area contributed by atoms with Crippen LogP contribution in [0.25, 0.3) is 0 Å². The molecule has 0 radical (unpaired) electrons. The summed E-state index contributed by atoms with van der Waals surface area (Å²) < 4.78 is 0. The summed E-state index contributed by atoms with van der Waals surface area (Å²) in [5.74, 6) is 0. The number of benzene rings is 2. The van der Waals surface area contributed by atoms with E-state index in [9.17, 15) is 0 Å². The molecule has 0 saturated carbocycles. The van der Waals surface area contributed by atoms with Gasteiger partial charge >= 0.3 is 17.1 Å². The van der Waals surface area contributed by atoms with Crippen LogP contribution in [-0.4, -0.2) is 0 Å². The molecule has 0 bridgehead atoms. The van der Waals surface area contributed by atoms with Crippen molar-refractivity contribution in [2.75, 3.05) is 0 Å². The van der Waals surface area contributed by atoms with E-state index in [4.69, 9.17) is 0 Å². The second-order valence-corrected chi connectivity index (χ2v) is 7.86. The van der Waals surface area contributed by atoms with Crippen LogP contribution in [0.15, 0.2) is 66.7 Å². The van der Waals surface area contributed by atoms with Gasteiger partial charge in [-0.25, -0.2) is 0 Å². The van der Waals surface area contributed by atoms with Crippen molar-refractivity contribution in [3.8, 4) is 0 Å². The summed E-state index contributed by atoms with van der Waals surface area (Å²) in [5.41, 5.74) is 1.43. The van der Waals surface area contributed by atoms with Gasteiger partial charge in [0.2, 0.25) is 0 Å². The second kappa shape index (κ2) is 10.9. The molecule has 4 rings (SSSR count). The van der Waals surface area contributed by atoms with Gasteiger partial charge in [0.1, 0.15) is 0 Å². The van der Waals surface area contributed by atoms with Crippen LogP contribution >= 0.6 is 7.92 Å². The van der Waals surface area contributed by atoms with Crippen molar-refractivity contribution in [3.63, 3.8) is 0 Å². The van der Waals surface area contributed by atoms with E-state index in [1.807, 2.05) is 0 Å². The first kappa shape index (κ1) is 20.4. The van der Waals surface area contributed by atoms with Crippen LogP contribution in [-0.2, 0) is 17.1 Å². The molecule has 0 fully saturated rings. The Labute approximate surface area is 168 Å². The smallest absolute Gasteiger partial charge is 0.999 e. The van der Waals surface area contributed by atoms with E-state index >= 15 is 0 Å². The van der Waals surface area contributed by atoms with Gasteiger partial charge in [-0.15, -0.1) is 0 Å². The molecule has 4 aromatic rings. The Bertz CT molecular complexity index is 749. The van der Waals surface area contributed by atoms with E-state index < -0.39 is 7.92 Å². The molecule has 0 nitrogen and oxygen atoms in total. The molecule has 0 heterocycles. The molecule has 0 amide bonds. The molecule has 0 spiro atoms.